The quantitative estimate of drug-likeness (QED) is 0.156. The van der Waals surface area contributed by atoms with E-state index in [4.69, 9.17) is 9.47 Å². The van der Waals surface area contributed by atoms with Gasteiger partial charge < -0.3 is 29.7 Å². The van der Waals surface area contributed by atoms with Crippen LogP contribution < -0.4 is 5.32 Å². The molecule has 268 valence electrons. The number of halogens is 1. The summed E-state index contributed by atoms with van der Waals surface area (Å²) in [5.41, 5.74) is -0.420. The Morgan fingerprint density at radius 3 is 2.38 bits per heavy atom. The Kier molecular flexibility index (Phi) is 11.7. The van der Waals surface area contributed by atoms with Gasteiger partial charge >= 0.3 is 5.97 Å². The van der Waals surface area contributed by atoms with Crippen LogP contribution >= 0.6 is 15.9 Å². The second kappa shape index (κ2) is 15.6. The zero-order chi connectivity index (χ0) is 36.2. The minimum atomic E-state index is -1.35. The second-order valence-corrected chi connectivity index (χ2v) is 15.5. The second-order valence-electron chi connectivity index (χ2n) is 14.3. The number of ether oxygens (including phenoxy) is 2. The molecule has 8 atom stereocenters. The van der Waals surface area contributed by atoms with Crippen LogP contribution in [-0.2, 0) is 35.1 Å². The summed E-state index contributed by atoms with van der Waals surface area (Å²) in [5.74, 6) is -3.69. The number of nitrogens with zero attached hydrogens (tertiary/aromatic N) is 2. The molecule has 2 N–H and O–H groups in total. The van der Waals surface area contributed by atoms with Gasteiger partial charge in [-0.2, -0.15) is 0 Å². The lowest BCUT2D eigenvalue weighted by molar-refractivity contribution is -0.161. The number of fused-ring (bicyclic) bond motifs is 1. The molecular weight excluding hydrogens is 702 g/mol. The molecule has 3 saturated heterocycles. The van der Waals surface area contributed by atoms with Gasteiger partial charge in [0.05, 0.1) is 37.1 Å². The van der Waals surface area contributed by atoms with Crippen LogP contribution in [0.3, 0.4) is 0 Å². The Morgan fingerprint density at radius 1 is 1.12 bits per heavy atom. The summed E-state index contributed by atoms with van der Waals surface area (Å²) in [4.78, 5) is 59.4. The molecule has 11 heteroatoms. The summed E-state index contributed by atoms with van der Waals surface area (Å²) >= 11 is 3.73. The molecule has 1 spiro atoms. The molecular formula is C39H48BrN3O7. The topological polar surface area (TPSA) is 125 Å². The molecule has 3 amide bonds. The predicted molar refractivity (Wildman–Crippen MR) is 193 cm³/mol. The van der Waals surface area contributed by atoms with Crippen molar-refractivity contribution in [2.24, 2.45) is 11.8 Å². The van der Waals surface area contributed by atoms with Crippen molar-refractivity contribution in [3.63, 3.8) is 0 Å². The van der Waals surface area contributed by atoms with E-state index in [0.29, 0.717) is 24.8 Å². The van der Waals surface area contributed by atoms with Crippen LogP contribution in [0.15, 0.2) is 86.0 Å². The number of nitrogens with one attached hydrogen (secondary N) is 1. The van der Waals surface area contributed by atoms with Gasteiger partial charge in [-0.1, -0.05) is 88.7 Å². The van der Waals surface area contributed by atoms with E-state index in [1.807, 2.05) is 81.4 Å². The number of amides is 3. The Balaban J connectivity index is 1.53. The fourth-order valence-corrected chi connectivity index (χ4v) is 8.70. The van der Waals surface area contributed by atoms with Gasteiger partial charge in [0, 0.05) is 23.3 Å². The van der Waals surface area contributed by atoms with Crippen LogP contribution in [0.5, 0.6) is 0 Å². The first kappa shape index (κ1) is 37.5. The Bertz CT molecular complexity index is 1560. The number of aliphatic hydroxyl groups is 1. The SMILES string of the molecule is C=CCCC(=O)NC[C@@H](OC(=O)[C@@H]1[C@H]2O[C@@]3(CC2Br)[C@H](C(=O)N(CC=C)C(C)(C)C)N([C@@H](CO)Cc2ccccc2)C(=O)[C@@H]13)c1ccccc1. The first-order chi connectivity index (χ1) is 23.9. The third-order valence-corrected chi connectivity index (χ3v) is 10.9. The summed E-state index contributed by atoms with van der Waals surface area (Å²) in [7, 11) is 0. The van der Waals surface area contributed by atoms with Crippen LogP contribution in [0.4, 0.5) is 0 Å². The molecule has 10 nitrogen and oxygen atoms in total. The number of allylic oxidation sites excluding steroid dienone is 1. The normalized spacial score (nSPS) is 26.5. The predicted octanol–water partition coefficient (Wildman–Crippen LogP) is 4.52. The number of hydrogen-bond donors (Lipinski definition) is 2. The summed E-state index contributed by atoms with van der Waals surface area (Å²) < 4.78 is 12.9. The highest BCUT2D eigenvalue weighted by atomic mass is 79.9. The van der Waals surface area contributed by atoms with Crippen LogP contribution in [0.2, 0.25) is 0 Å². The van der Waals surface area contributed by atoms with Crippen molar-refractivity contribution in [2.75, 3.05) is 19.7 Å². The van der Waals surface area contributed by atoms with Gasteiger partial charge in [-0.25, -0.2) is 0 Å². The van der Waals surface area contributed by atoms with E-state index in [1.54, 1.807) is 17.1 Å². The monoisotopic (exact) mass is 749 g/mol. The highest BCUT2D eigenvalue weighted by molar-refractivity contribution is 9.09. The Morgan fingerprint density at radius 2 is 1.78 bits per heavy atom. The van der Waals surface area contributed by atoms with Gasteiger partial charge in [-0.05, 0) is 51.2 Å². The molecule has 50 heavy (non-hydrogen) atoms. The molecule has 3 heterocycles. The number of carbonyl (C=O) groups is 4. The number of alkyl halides is 1. The smallest absolute Gasteiger partial charge is 0.313 e. The highest BCUT2D eigenvalue weighted by Crippen LogP contribution is 2.61. The van der Waals surface area contributed by atoms with Gasteiger partial charge in [0.15, 0.2) is 0 Å². The lowest BCUT2D eigenvalue weighted by atomic mass is 9.70. The van der Waals surface area contributed by atoms with Gasteiger partial charge in [0.25, 0.3) is 0 Å². The molecule has 0 saturated carbocycles. The molecule has 2 bridgehead atoms. The van der Waals surface area contributed by atoms with Crippen molar-refractivity contribution in [1.29, 1.82) is 0 Å². The average Bonchev–Trinajstić information content (AvgIpc) is 3.70. The standard InChI is InChI=1S/C39H48BrN3O7/c1-6-8-19-30(45)41-23-29(26-17-13-10-14-18-26)49-37(48)31-32-35(46)43(27(24-44)21-25-15-11-9-12-16-25)34(39(32)22-28(40)33(31)50-39)36(47)42(20-7-2)38(3,4)5/h6-7,9-18,27-29,31-34,44H,1-2,8,19-24H2,3-5H3,(H,41,45)/t27-,28?,29-,31+,32-,33+,34+,39-/m1/s1. The highest BCUT2D eigenvalue weighted by Gasteiger charge is 2.77. The van der Waals surface area contributed by atoms with Crippen LogP contribution in [0.25, 0.3) is 0 Å². The van der Waals surface area contributed by atoms with Gasteiger partial charge in [0.1, 0.15) is 17.7 Å². The fourth-order valence-electron chi connectivity index (χ4n) is 7.76. The summed E-state index contributed by atoms with van der Waals surface area (Å²) in [6, 6.07) is 16.7. The number of rotatable bonds is 15. The van der Waals surface area contributed by atoms with E-state index in [-0.39, 0.29) is 36.2 Å². The van der Waals surface area contributed by atoms with Crippen molar-refractivity contribution >= 4 is 39.6 Å². The number of hydrogen-bond acceptors (Lipinski definition) is 7. The van der Waals surface area contributed by atoms with Crippen molar-refractivity contribution in [1.82, 2.24) is 15.1 Å². The average molecular weight is 751 g/mol. The summed E-state index contributed by atoms with van der Waals surface area (Å²) in [5, 5.41) is 13.7. The van der Waals surface area contributed by atoms with Crippen LogP contribution in [0, 0.1) is 11.8 Å². The largest absolute Gasteiger partial charge is 0.455 e. The summed E-state index contributed by atoms with van der Waals surface area (Å²) in [6.07, 6.45) is 3.10. The fraction of sp³-hybridized carbons (Fsp3) is 0.487. The molecule has 0 aliphatic carbocycles. The molecule has 3 aliphatic heterocycles. The van der Waals surface area contributed by atoms with Crippen molar-refractivity contribution in [3.05, 3.63) is 97.1 Å². The lowest BCUT2D eigenvalue weighted by Crippen LogP contribution is -2.62. The molecule has 3 aliphatic rings. The van der Waals surface area contributed by atoms with Crippen LogP contribution in [0.1, 0.15) is 57.3 Å². The third kappa shape index (κ3) is 7.31. The number of benzene rings is 2. The maximum Gasteiger partial charge on any atom is 0.313 e. The van der Waals surface area contributed by atoms with Gasteiger partial charge in [-0.3, -0.25) is 19.2 Å². The first-order valence-electron chi connectivity index (χ1n) is 17.2. The van der Waals surface area contributed by atoms with Crippen molar-refractivity contribution in [3.8, 4) is 0 Å². The first-order valence-corrected chi connectivity index (χ1v) is 18.1. The van der Waals surface area contributed by atoms with E-state index in [1.165, 1.54) is 4.90 Å². The number of aliphatic hydroxyl groups excluding tert-OH is 1. The van der Waals surface area contributed by atoms with Crippen LogP contribution in [-0.4, -0.2) is 92.4 Å². The molecule has 0 radical (unpaired) electrons. The molecule has 5 rings (SSSR count). The minimum absolute atomic E-state index is 0.0322. The molecule has 0 aromatic heterocycles. The zero-order valence-electron chi connectivity index (χ0n) is 29.0. The molecule has 1 unspecified atom stereocenters. The number of carbonyl (C=O) groups excluding carboxylic acids is 4. The van der Waals surface area contributed by atoms with Crippen molar-refractivity contribution in [2.45, 2.75) is 86.7 Å². The maximum absolute atomic E-state index is 14.9. The third-order valence-electron chi connectivity index (χ3n) is 10.0. The van der Waals surface area contributed by atoms with Gasteiger partial charge in [0.2, 0.25) is 17.7 Å². The minimum Gasteiger partial charge on any atom is -0.455 e. The molecule has 3 fully saturated rings. The molecule has 2 aromatic rings. The maximum atomic E-state index is 14.9. The Labute approximate surface area is 303 Å². The van der Waals surface area contributed by atoms with E-state index in [0.717, 1.165) is 5.56 Å². The number of esters is 1. The number of likely N-dealkylation sites (tertiary alicyclic amines) is 1. The Hall–Kier alpha value is -3.80. The zero-order valence-corrected chi connectivity index (χ0v) is 30.6. The van der Waals surface area contributed by atoms with E-state index >= 15 is 0 Å². The van der Waals surface area contributed by atoms with E-state index in [2.05, 4.69) is 34.4 Å². The van der Waals surface area contributed by atoms with Gasteiger partial charge in [-0.15, -0.1) is 13.2 Å². The summed E-state index contributed by atoms with van der Waals surface area (Å²) in [6.45, 7) is 13.1. The van der Waals surface area contributed by atoms with E-state index < -0.39 is 65.8 Å². The lowest BCUT2D eigenvalue weighted by Gasteiger charge is -2.43. The van der Waals surface area contributed by atoms with Crippen molar-refractivity contribution < 1.29 is 33.8 Å². The molecule has 2 aromatic carbocycles. The van der Waals surface area contributed by atoms with E-state index in [9.17, 15) is 24.3 Å².